The minimum atomic E-state index is -0.615. The summed E-state index contributed by atoms with van der Waals surface area (Å²) in [6.07, 6.45) is 0.656. The van der Waals surface area contributed by atoms with Gasteiger partial charge in [0.05, 0.1) is 25.5 Å². The number of ether oxygens (including phenoxy) is 2. The summed E-state index contributed by atoms with van der Waals surface area (Å²) in [7, 11) is 2.99. The van der Waals surface area contributed by atoms with Crippen molar-refractivity contribution in [2.24, 2.45) is 5.41 Å². The Balaban J connectivity index is 2.21. The number of anilines is 2. The number of methoxy groups -OCH3 is 2. The van der Waals surface area contributed by atoms with Crippen molar-refractivity contribution in [3.05, 3.63) is 47.5 Å². The maximum Gasteiger partial charge on any atom is 0.253 e. The van der Waals surface area contributed by atoms with E-state index < -0.39 is 5.41 Å². The molecule has 0 aliphatic rings. The number of amides is 2. The van der Waals surface area contributed by atoms with Crippen LogP contribution in [0.4, 0.5) is 11.4 Å². The van der Waals surface area contributed by atoms with Crippen LogP contribution in [0.5, 0.6) is 11.5 Å². The lowest BCUT2D eigenvalue weighted by atomic mass is 9.95. The van der Waals surface area contributed by atoms with Gasteiger partial charge in [-0.2, -0.15) is 0 Å². The molecule has 4 N–H and O–H groups in total. The first-order valence-corrected chi connectivity index (χ1v) is 9.35. The van der Waals surface area contributed by atoms with Crippen molar-refractivity contribution < 1.29 is 19.1 Å². The van der Waals surface area contributed by atoms with E-state index in [1.165, 1.54) is 14.2 Å². The minimum Gasteiger partial charge on any atom is -0.493 e. The van der Waals surface area contributed by atoms with Gasteiger partial charge in [0, 0.05) is 23.7 Å². The molecule has 0 unspecified atom stereocenters. The van der Waals surface area contributed by atoms with Gasteiger partial charge in [0.15, 0.2) is 11.5 Å². The maximum absolute atomic E-state index is 12.8. The summed E-state index contributed by atoms with van der Waals surface area (Å²) in [5.41, 5.74) is 7.51. The highest BCUT2D eigenvalue weighted by molar-refractivity contribution is 6.05. The van der Waals surface area contributed by atoms with E-state index in [-0.39, 0.29) is 11.8 Å². The van der Waals surface area contributed by atoms with Gasteiger partial charge in [-0.25, -0.2) is 0 Å². The van der Waals surface area contributed by atoms with Crippen LogP contribution in [0.3, 0.4) is 0 Å². The highest BCUT2D eigenvalue weighted by Crippen LogP contribution is 2.34. The second kappa shape index (κ2) is 9.32. The molecule has 7 nitrogen and oxygen atoms in total. The Morgan fingerprint density at radius 1 is 1.00 bits per heavy atom. The molecule has 0 spiro atoms. The predicted molar refractivity (Wildman–Crippen MR) is 115 cm³/mol. The third-order valence-electron chi connectivity index (χ3n) is 4.38. The monoisotopic (exact) mass is 399 g/mol. The minimum absolute atomic E-state index is 0.208. The van der Waals surface area contributed by atoms with Gasteiger partial charge >= 0.3 is 0 Å². The molecule has 0 aromatic heterocycles. The molecule has 0 aliphatic carbocycles. The molecular weight excluding hydrogens is 370 g/mol. The van der Waals surface area contributed by atoms with Gasteiger partial charge in [-0.05, 0) is 30.2 Å². The predicted octanol–water partition coefficient (Wildman–Crippen LogP) is 3.24. The van der Waals surface area contributed by atoms with Gasteiger partial charge in [0.25, 0.3) is 5.91 Å². The summed E-state index contributed by atoms with van der Waals surface area (Å²) >= 11 is 0. The molecule has 0 aliphatic heterocycles. The van der Waals surface area contributed by atoms with Crippen LogP contribution < -0.4 is 25.8 Å². The van der Waals surface area contributed by atoms with Crippen LogP contribution in [-0.2, 0) is 11.2 Å². The summed E-state index contributed by atoms with van der Waals surface area (Å²) in [5.74, 6) is 0.311. The van der Waals surface area contributed by atoms with Gasteiger partial charge in [0.2, 0.25) is 5.91 Å². The highest BCUT2D eigenvalue weighted by Gasteiger charge is 2.24. The number of carbonyl (C=O) groups excluding carboxylic acids is 2. The Morgan fingerprint density at radius 3 is 2.14 bits per heavy atom. The second-order valence-electron chi connectivity index (χ2n) is 7.70. The largest absolute Gasteiger partial charge is 0.493 e. The van der Waals surface area contributed by atoms with E-state index in [0.717, 1.165) is 5.56 Å². The zero-order valence-corrected chi connectivity index (χ0v) is 17.6. The standard InChI is InChI=1S/C22H29N3O4/c1-22(2,3)21(27)25-17-13-19(29-5)18(28-4)12-16(17)20(26)24-11-10-14-6-8-15(23)9-7-14/h6-9,12-13H,10-11,23H2,1-5H3,(H,24,26)(H,25,27). The Labute approximate surface area is 171 Å². The van der Waals surface area contributed by atoms with Gasteiger partial charge in [-0.15, -0.1) is 0 Å². The van der Waals surface area contributed by atoms with E-state index in [1.807, 2.05) is 24.3 Å². The van der Waals surface area contributed by atoms with Gasteiger partial charge in [0.1, 0.15) is 0 Å². The second-order valence-corrected chi connectivity index (χ2v) is 7.70. The fourth-order valence-corrected chi connectivity index (χ4v) is 2.58. The van der Waals surface area contributed by atoms with Crippen LogP contribution >= 0.6 is 0 Å². The molecule has 0 saturated carbocycles. The highest BCUT2D eigenvalue weighted by atomic mass is 16.5. The first-order chi connectivity index (χ1) is 13.7. The van der Waals surface area contributed by atoms with E-state index in [2.05, 4.69) is 10.6 Å². The lowest BCUT2D eigenvalue weighted by Gasteiger charge is -2.20. The quantitative estimate of drug-likeness (QED) is 0.620. The molecule has 156 valence electrons. The van der Waals surface area contributed by atoms with Crippen LogP contribution in [0.15, 0.2) is 36.4 Å². The number of hydrogen-bond acceptors (Lipinski definition) is 5. The molecule has 0 atom stereocenters. The van der Waals surface area contributed by atoms with E-state index >= 15 is 0 Å². The van der Waals surface area contributed by atoms with Crippen LogP contribution in [0.2, 0.25) is 0 Å². The molecule has 2 aromatic rings. The molecular formula is C22H29N3O4. The Morgan fingerprint density at radius 2 is 1.59 bits per heavy atom. The van der Waals surface area contributed by atoms with Crippen molar-refractivity contribution >= 4 is 23.2 Å². The third-order valence-corrected chi connectivity index (χ3v) is 4.38. The summed E-state index contributed by atoms with van der Waals surface area (Å²) < 4.78 is 10.6. The SMILES string of the molecule is COc1cc(NC(=O)C(C)(C)C)c(C(=O)NCCc2ccc(N)cc2)cc1OC. The molecule has 29 heavy (non-hydrogen) atoms. The summed E-state index contributed by atoms with van der Waals surface area (Å²) in [6.45, 7) is 5.84. The van der Waals surface area contributed by atoms with E-state index in [1.54, 1.807) is 32.9 Å². The number of carbonyl (C=O) groups is 2. The average molecular weight is 399 g/mol. The molecule has 2 aromatic carbocycles. The molecule has 7 heteroatoms. The Hall–Kier alpha value is -3.22. The summed E-state index contributed by atoms with van der Waals surface area (Å²) in [5, 5.41) is 5.71. The number of nitrogen functional groups attached to an aromatic ring is 1. The molecule has 2 amide bonds. The topological polar surface area (TPSA) is 103 Å². The van der Waals surface area contributed by atoms with Gasteiger partial charge in [-0.3, -0.25) is 9.59 Å². The van der Waals surface area contributed by atoms with Crippen molar-refractivity contribution in [2.45, 2.75) is 27.2 Å². The zero-order chi connectivity index (χ0) is 21.6. The molecule has 0 bridgehead atoms. The van der Waals surface area contributed by atoms with E-state index in [4.69, 9.17) is 15.2 Å². The normalized spacial score (nSPS) is 10.9. The summed E-state index contributed by atoms with van der Waals surface area (Å²) in [4.78, 5) is 25.3. The van der Waals surface area contributed by atoms with Crippen LogP contribution in [-0.4, -0.2) is 32.6 Å². The van der Waals surface area contributed by atoms with E-state index in [0.29, 0.717) is 41.4 Å². The zero-order valence-electron chi connectivity index (χ0n) is 17.6. The molecule has 0 saturated heterocycles. The van der Waals surface area contributed by atoms with Crippen molar-refractivity contribution in [3.8, 4) is 11.5 Å². The molecule has 0 radical (unpaired) electrons. The number of nitrogens with two attached hydrogens (primary N) is 1. The van der Waals surface area contributed by atoms with Crippen LogP contribution in [0.1, 0.15) is 36.7 Å². The van der Waals surface area contributed by atoms with Crippen molar-refractivity contribution in [2.75, 3.05) is 31.8 Å². The van der Waals surface area contributed by atoms with Gasteiger partial charge in [-0.1, -0.05) is 32.9 Å². The molecule has 2 rings (SSSR count). The molecule has 0 heterocycles. The van der Waals surface area contributed by atoms with Crippen LogP contribution in [0.25, 0.3) is 0 Å². The first kappa shape index (κ1) is 22.1. The number of benzene rings is 2. The van der Waals surface area contributed by atoms with Crippen molar-refractivity contribution in [1.82, 2.24) is 5.32 Å². The Kier molecular flexibility index (Phi) is 7.09. The lowest BCUT2D eigenvalue weighted by Crippen LogP contribution is -2.30. The Bertz CT molecular complexity index is 871. The summed E-state index contributed by atoms with van der Waals surface area (Å²) in [6, 6.07) is 10.7. The maximum atomic E-state index is 12.8. The van der Waals surface area contributed by atoms with E-state index in [9.17, 15) is 9.59 Å². The van der Waals surface area contributed by atoms with Crippen LogP contribution in [0, 0.1) is 5.41 Å². The first-order valence-electron chi connectivity index (χ1n) is 9.35. The van der Waals surface area contributed by atoms with Crippen molar-refractivity contribution in [1.29, 1.82) is 0 Å². The number of hydrogen-bond donors (Lipinski definition) is 3. The fourth-order valence-electron chi connectivity index (χ4n) is 2.58. The number of nitrogens with one attached hydrogen (secondary N) is 2. The van der Waals surface area contributed by atoms with Crippen molar-refractivity contribution in [3.63, 3.8) is 0 Å². The lowest BCUT2D eigenvalue weighted by molar-refractivity contribution is -0.123. The third kappa shape index (κ3) is 5.88. The fraction of sp³-hybridized carbons (Fsp3) is 0.364. The molecule has 0 fully saturated rings. The van der Waals surface area contributed by atoms with Gasteiger partial charge < -0.3 is 25.8 Å². The number of rotatable bonds is 7. The smallest absolute Gasteiger partial charge is 0.253 e. The average Bonchev–Trinajstić information content (AvgIpc) is 2.68.